The summed E-state index contributed by atoms with van der Waals surface area (Å²) in [5.41, 5.74) is 0.441. The van der Waals surface area contributed by atoms with Gasteiger partial charge in [0.15, 0.2) is 0 Å². The first kappa shape index (κ1) is 17.3. The molecule has 1 aromatic heterocycles. The van der Waals surface area contributed by atoms with Gasteiger partial charge >= 0.3 is 5.97 Å². The van der Waals surface area contributed by atoms with E-state index in [0.29, 0.717) is 35.0 Å². The molecule has 5 nitrogen and oxygen atoms in total. The maximum Gasteiger partial charge on any atom is 0.331 e. The number of hydrogen-bond acceptors (Lipinski definition) is 4. The maximum absolute atomic E-state index is 13.5. The number of halogens is 1. The van der Waals surface area contributed by atoms with E-state index in [1.807, 2.05) is 0 Å². The molecule has 1 aliphatic rings. The predicted octanol–water partition coefficient (Wildman–Crippen LogP) is 3.29. The number of carbonyl (C=O) groups is 2. The smallest absolute Gasteiger partial charge is 0.331 e. The maximum atomic E-state index is 13.5. The molecule has 2 aromatic rings. The van der Waals surface area contributed by atoms with Gasteiger partial charge in [-0.05, 0) is 44.9 Å². The molecule has 1 N–H and O–H groups in total. The van der Waals surface area contributed by atoms with Gasteiger partial charge in [0.25, 0.3) is 5.91 Å². The van der Waals surface area contributed by atoms with Crippen molar-refractivity contribution < 1.29 is 18.7 Å². The quantitative estimate of drug-likeness (QED) is 0.864. The van der Waals surface area contributed by atoms with Gasteiger partial charge in [0, 0.05) is 17.1 Å². The number of amides is 1. The zero-order chi connectivity index (χ0) is 18.0. The lowest BCUT2D eigenvalue weighted by atomic mass is 9.96. The lowest BCUT2D eigenvalue weighted by molar-refractivity contribution is -0.150. The average Bonchev–Trinajstić information content (AvgIpc) is 3.03. The number of rotatable bonds is 4. The molecule has 0 aliphatic heterocycles. The number of pyridine rings is 1. The van der Waals surface area contributed by atoms with E-state index < -0.39 is 11.4 Å². The summed E-state index contributed by atoms with van der Waals surface area (Å²) in [5, 5.41) is 3.45. The third kappa shape index (κ3) is 3.34. The van der Waals surface area contributed by atoms with Crippen LogP contribution in [-0.2, 0) is 9.53 Å². The summed E-state index contributed by atoms with van der Waals surface area (Å²) in [6.45, 7) is 3.77. The minimum absolute atomic E-state index is 0.271. The molecule has 0 bridgehead atoms. The van der Waals surface area contributed by atoms with Gasteiger partial charge < -0.3 is 10.1 Å². The number of benzene rings is 1. The van der Waals surface area contributed by atoms with Gasteiger partial charge in [-0.1, -0.05) is 12.8 Å². The van der Waals surface area contributed by atoms with Crippen molar-refractivity contribution in [3.05, 3.63) is 41.3 Å². The van der Waals surface area contributed by atoms with E-state index in [2.05, 4.69) is 10.3 Å². The zero-order valence-electron chi connectivity index (χ0n) is 14.4. The number of hydrogen-bond donors (Lipinski definition) is 1. The van der Waals surface area contributed by atoms with Gasteiger partial charge in [0.1, 0.15) is 11.4 Å². The van der Waals surface area contributed by atoms with Crippen molar-refractivity contribution in [1.29, 1.82) is 0 Å². The second kappa shape index (κ2) is 6.78. The Morgan fingerprint density at radius 3 is 2.68 bits per heavy atom. The van der Waals surface area contributed by atoms with Crippen molar-refractivity contribution in [2.75, 3.05) is 6.61 Å². The minimum Gasteiger partial charge on any atom is -0.464 e. The number of aromatic nitrogens is 1. The van der Waals surface area contributed by atoms with Gasteiger partial charge in [-0.15, -0.1) is 0 Å². The fourth-order valence-electron chi connectivity index (χ4n) is 3.43. The highest BCUT2D eigenvalue weighted by molar-refractivity contribution is 6.07. The largest absolute Gasteiger partial charge is 0.464 e. The van der Waals surface area contributed by atoms with E-state index in [9.17, 15) is 14.0 Å². The molecule has 1 heterocycles. The monoisotopic (exact) mass is 344 g/mol. The second-order valence-electron chi connectivity index (χ2n) is 6.44. The molecule has 1 aromatic carbocycles. The molecule has 1 saturated carbocycles. The van der Waals surface area contributed by atoms with E-state index in [0.717, 1.165) is 12.8 Å². The van der Waals surface area contributed by atoms with Crippen LogP contribution in [0.5, 0.6) is 0 Å². The molecule has 0 atom stereocenters. The molecule has 3 rings (SSSR count). The molecule has 0 unspecified atom stereocenters. The predicted molar refractivity (Wildman–Crippen MR) is 91.7 cm³/mol. The van der Waals surface area contributed by atoms with Crippen LogP contribution < -0.4 is 5.32 Å². The Balaban J connectivity index is 1.98. The summed E-state index contributed by atoms with van der Waals surface area (Å²) >= 11 is 0. The third-order valence-electron chi connectivity index (χ3n) is 4.62. The molecule has 132 valence electrons. The van der Waals surface area contributed by atoms with Crippen LogP contribution in [0.1, 0.15) is 48.7 Å². The molecule has 0 saturated heterocycles. The van der Waals surface area contributed by atoms with Crippen molar-refractivity contribution in [3.63, 3.8) is 0 Å². The number of nitrogens with one attached hydrogen (secondary N) is 1. The van der Waals surface area contributed by atoms with Crippen molar-refractivity contribution >= 4 is 22.8 Å². The Bertz CT molecular complexity index is 824. The molecule has 1 amide bonds. The molecule has 25 heavy (non-hydrogen) atoms. The van der Waals surface area contributed by atoms with Gasteiger partial charge in [-0.25, -0.2) is 9.18 Å². The average molecular weight is 344 g/mol. The van der Waals surface area contributed by atoms with Crippen LogP contribution in [0.2, 0.25) is 0 Å². The standard InChI is InChI=1S/C19H21FN2O3/c1-3-25-18(24)19(8-4-5-9-19)22-17(23)15-10-12(2)21-16-11-13(20)6-7-14(15)16/h6-7,10-11H,3-5,8-9H2,1-2H3,(H,22,23). The van der Waals surface area contributed by atoms with Gasteiger partial charge in [0.2, 0.25) is 0 Å². The Morgan fingerprint density at radius 1 is 1.28 bits per heavy atom. The van der Waals surface area contributed by atoms with Crippen molar-refractivity contribution in [2.24, 2.45) is 0 Å². The van der Waals surface area contributed by atoms with Crippen LogP contribution in [0.4, 0.5) is 4.39 Å². The Labute approximate surface area is 145 Å². The zero-order valence-corrected chi connectivity index (χ0v) is 14.4. The molecular weight excluding hydrogens is 323 g/mol. The normalized spacial score (nSPS) is 16.0. The van der Waals surface area contributed by atoms with Crippen LogP contribution >= 0.6 is 0 Å². The van der Waals surface area contributed by atoms with E-state index in [-0.39, 0.29) is 18.5 Å². The first-order valence-electron chi connectivity index (χ1n) is 8.52. The molecule has 6 heteroatoms. The number of nitrogens with zero attached hydrogens (tertiary/aromatic N) is 1. The number of fused-ring (bicyclic) bond motifs is 1. The van der Waals surface area contributed by atoms with Crippen molar-refractivity contribution in [3.8, 4) is 0 Å². The lowest BCUT2D eigenvalue weighted by Gasteiger charge is -2.28. The van der Waals surface area contributed by atoms with Crippen LogP contribution in [0, 0.1) is 12.7 Å². The first-order chi connectivity index (χ1) is 11.9. The highest BCUT2D eigenvalue weighted by Gasteiger charge is 2.44. The van der Waals surface area contributed by atoms with Gasteiger partial charge in [-0.2, -0.15) is 0 Å². The van der Waals surface area contributed by atoms with Crippen LogP contribution in [0.25, 0.3) is 10.9 Å². The van der Waals surface area contributed by atoms with Gasteiger partial charge in [-0.3, -0.25) is 9.78 Å². The molecule has 0 radical (unpaired) electrons. The number of carbonyl (C=O) groups excluding carboxylic acids is 2. The van der Waals surface area contributed by atoms with Crippen LogP contribution in [-0.4, -0.2) is 29.0 Å². The van der Waals surface area contributed by atoms with E-state index >= 15 is 0 Å². The lowest BCUT2D eigenvalue weighted by Crippen LogP contribution is -2.53. The van der Waals surface area contributed by atoms with E-state index in [4.69, 9.17) is 4.74 Å². The highest BCUT2D eigenvalue weighted by atomic mass is 19.1. The fraction of sp³-hybridized carbons (Fsp3) is 0.421. The van der Waals surface area contributed by atoms with E-state index in [1.165, 1.54) is 18.2 Å². The summed E-state index contributed by atoms with van der Waals surface area (Å²) in [6, 6.07) is 5.80. The Kier molecular flexibility index (Phi) is 4.70. The third-order valence-corrected chi connectivity index (χ3v) is 4.62. The summed E-state index contributed by atoms with van der Waals surface area (Å²) < 4.78 is 18.7. The second-order valence-corrected chi connectivity index (χ2v) is 6.44. The summed E-state index contributed by atoms with van der Waals surface area (Å²) in [5.74, 6) is -1.16. The van der Waals surface area contributed by atoms with Crippen LogP contribution in [0.3, 0.4) is 0 Å². The minimum atomic E-state index is -0.976. The number of aryl methyl sites for hydroxylation is 1. The SMILES string of the molecule is CCOC(=O)C1(NC(=O)c2cc(C)nc3cc(F)ccc23)CCCC1. The summed E-state index contributed by atoms with van der Waals surface area (Å²) in [7, 11) is 0. The highest BCUT2D eigenvalue weighted by Crippen LogP contribution is 2.32. The molecule has 1 aliphatic carbocycles. The number of esters is 1. The fourth-order valence-corrected chi connectivity index (χ4v) is 3.43. The Morgan fingerprint density at radius 2 is 2.00 bits per heavy atom. The molecular formula is C19H21FN2O3. The molecule has 0 spiro atoms. The van der Waals surface area contributed by atoms with E-state index in [1.54, 1.807) is 19.9 Å². The van der Waals surface area contributed by atoms with Crippen LogP contribution in [0.15, 0.2) is 24.3 Å². The number of ether oxygens (including phenoxy) is 1. The summed E-state index contributed by atoms with van der Waals surface area (Å²) in [6.07, 6.45) is 2.85. The van der Waals surface area contributed by atoms with Crippen molar-refractivity contribution in [1.82, 2.24) is 10.3 Å². The Hall–Kier alpha value is -2.50. The first-order valence-corrected chi connectivity index (χ1v) is 8.52. The molecule has 1 fully saturated rings. The topological polar surface area (TPSA) is 68.3 Å². The summed E-state index contributed by atoms with van der Waals surface area (Å²) in [4.78, 5) is 29.6. The van der Waals surface area contributed by atoms with Gasteiger partial charge in [0.05, 0.1) is 17.7 Å². The van der Waals surface area contributed by atoms with Crippen molar-refractivity contribution in [2.45, 2.75) is 45.1 Å².